The van der Waals surface area contributed by atoms with Gasteiger partial charge in [0.25, 0.3) is 0 Å². The monoisotopic (exact) mass is 340 g/mol. The van der Waals surface area contributed by atoms with Gasteiger partial charge in [0.1, 0.15) is 0 Å². The van der Waals surface area contributed by atoms with Gasteiger partial charge >= 0.3 is 0 Å². The third-order valence-corrected chi connectivity index (χ3v) is 6.97. The summed E-state index contributed by atoms with van der Waals surface area (Å²) in [7, 11) is -3.18. The molecule has 0 N–H and O–H groups in total. The van der Waals surface area contributed by atoms with Gasteiger partial charge in [0.2, 0.25) is 15.9 Å². The van der Waals surface area contributed by atoms with Gasteiger partial charge in [-0.1, -0.05) is 6.07 Å². The molecule has 128 valence electrons. The van der Waals surface area contributed by atoms with Crippen LogP contribution in [0.5, 0.6) is 5.88 Å². The first kappa shape index (κ1) is 16.7. The summed E-state index contributed by atoms with van der Waals surface area (Å²) in [6, 6.07) is 5.58. The molecule has 6 nitrogen and oxygen atoms in total. The number of hydrogen-bond acceptors (Lipinski definition) is 5. The number of ether oxygens (including phenoxy) is 2. The number of pyridine rings is 1. The van der Waals surface area contributed by atoms with Crippen LogP contribution in [0.15, 0.2) is 24.4 Å². The normalized spacial score (nSPS) is 24.0. The fourth-order valence-corrected chi connectivity index (χ4v) is 4.70. The van der Waals surface area contributed by atoms with Gasteiger partial charge in [-0.25, -0.2) is 13.4 Å². The Morgan fingerprint density at radius 2 is 2.22 bits per heavy atom. The van der Waals surface area contributed by atoms with Gasteiger partial charge in [0.05, 0.1) is 17.5 Å². The van der Waals surface area contributed by atoms with Gasteiger partial charge in [0, 0.05) is 32.0 Å². The Kier molecular flexibility index (Phi) is 4.62. The molecule has 3 rings (SSSR count). The number of aromatic nitrogens is 1. The molecule has 0 aromatic carbocycles. The lowest BCUT2D eigenvalue weighted by Gasteiger charge is -2.49. The molecule has 7 heteroatoms. The third kappa shape index (κ3) is 3.22. The minimum Gasteiger partial charge on any atom is -0.478 e. The molecule has 23 heavy (non-hydrogen) atoms. The van der Waals surface area contributed by atoms with Crippen molar-refractivity contribution in [2.24, 2.45) is 5.92 Å². The van der Waals surface area contributed by atoms with E-state index < -0.39 is 10.0 Å². The molecule has 0 unspecified atom stereocenters. The zero-order valence-electron chi connectivity index (χ0n) is 13.6. The second-order valence-electron chi connectivity index (χ2n) is 6.57. The van der Waals surface area contributed by atoms with E-state index >= 15 is 0 Å². The maximum absolute atomic E-state index is 12.2. The Labute approximate surface area is 137 Å². The van der Waals surface area contributed by atoms with E-state index in [-0.39, 0.29) is 10.9 Å². The lowest BCUT2D eigenvalue weighted by molar-refractivity contribution is -0.104. The number of hydrogen-bond donors (Lipinski definition) is 0. The van der Waals surface area contributed by atoms with E-state index in [2.05, 4.69) is 4.98 Å². The molecule has 1 spiro atoms. The molecule has 0 saturated carbocycles. The van der Waals surface area contributed by atoms with Gasteiger partial charge in [-0.3, -0.25) is 0 Å². The highest BCUT2D eigenvalue weighted by Gasteiger charge is 2.56. The maximum Gasteiger partial charge on any atom is 0.216 e. The Balaban J connectivity index is 1.53. The van der Waals surface area contributed by atoms with Crippen molar-refractivity contribution in [1.82, 2.24) is 9.29 Å². The fourth-order valence-electron chi connectivity index (χ4n) is 3.31. The quantitative estimate of drug-likeness (QED) is 0.788. The Morgan fingerprint density at radius 3 is 2.87 bits per heavy atom. The van der Waals surface area contributed by atoms with Crippen molar-refractivity contribution in [2.45, 2.75) is 37.5 Å². The van der Waals surface area contributed by atoms with Crippen LogP contribution in [0.25, 0.3) is 0 Å². The Hall–Kier alpha value is -1.18. The largest absolute Gasteiger partial charge is 0.478 e. The maximum atomic E-state index is 12.2. The van der Waals surface area contributed by atoms with Crippen LogP contribution < -0.4 is 4.74 Å². The minimum atomic E-state index is -3.18. The number of nitrogens with zero attached hydrogens (tertiary/aromatic N) is 2. The molecule has 0 radical (unpaired) electrons. The summed E-state index contributed by atoms with van der Waals surface area (Å²) in [5.41, 5.74) is -0.310. The average Bonchev–Trinajstić information content (AvgIpc) is 2.90. The van der Waals surface area contributed by atoms with Crippen molar-refractivity contribution in [2.75, 3.05) is 26.3 Å². The highest BCUT2D eigenvalue weighted by atomic mass is 32.2. The van der Waals surface area contributed by atoms with Crippen molar-refractivity contribution < 1.29 is 17.9 Å². The first-order valence-electron chi connectivity index (χ1n) is 8.11. The molecular weight excluding hydrogens is 316 g/mol. The molecule has 1 aromatic rings. The second-order valence-corrected chi connectivity index (χ2v) is 9.05. The van der Waals surface area contributed by atoms with Gasteiger partial charge in [0.15, 0.2) is 0 Å². The van der Waals surface area contributed by atoms with E-state index in [0.29, 0.717) is 38.1 Å². The van der Waals surface area contributed by atoms with Crippen molar-refractivity contribution in [3.05, 3.63) is 24.4 Å². The van der Waals surface area contributed by atoms with Crippen LogP contribution in [0.1, 0.15) is 26.7 Å². The third-order valence-electron chi connectivity index (χ3n) is 4.80. The minimum absolute atomic E-state index is 0.310. The van der Waals surface area contributed by atoms with Gasteiger partial charge < -0.3 is 9.47 Å². The topological polar surface area (TPSA) is 68.7 Å². The molecule has 2 saturated heterocycles. The van der Waals surface area contributed by atoms with Gasteiger partial charge in [-0.2, -0.15) is 4.31 Å². The van der Waals surface area contributed by atoms with Gasteiger partial charge in [-0.05, 0) is 38.7 Å². The van der Waals surface area contributed by atoms with Crippen LogP contribution in [0.2, 0.25) is 0 Å². The zero-order valence-corrected chi connectivity index (χ0v) is 14.5. The summed E-state index contributed by atoms with van der Waals surface area (Å²) in [5.74, 6) is 0.961. The highest BCUT2D eigenvalue weighted by Crippen LogP contribution is 2.43. The lowest BCUT2D eigenvalue weighted by atomic mass is 9.80. The predicted octanol–water partition coefficient (Wildman–Crippen LogP) is 1.68. The summed E-state index contributed by atoms with van der Waals surface area (Å²) in [6.45, 7) is 5.65. The first-order chi connectivity index (χ1) is 10.9. The Bertz CT molecular complexity index is 627. The van der Waals surface area contributed by atoms with Crippen LogP contribution in [0, 0.1) is 5.92 Å². The summed E-state index contributed by atoms with van der Waals surface area (Å²) >= 11 is 0. The molecule has 1 atom stereocenters. The van der Waals surface area contributed by atoms with Crippen molar-refractivity contribution in [3.63, 3.8) is 0 Å². The van der Waals surface area contributed by atoms with E-state index in [1.807, 2.05) is 18.2 Å². The highest BCUT2D eigenvalue weighted by molar-refractivity contribution is 7.89. The Morgan fingerprint density at radius 1 is 1.43 bits per heavy atom. The molecule has 1 aromatic heterocycles. The SMILES string of the molecule is CC(C)S(=O)(=O)N1CC2(C1)OCC[C@@H]2CCOc1ccccn1. The van der Waals surface area contributed by atoms with E-state index in [9.17, 15) is 8.42 Å². The molecule has 0 bridgehead atoms. The van der Waals surface area contributed by atoms with Crippen molar-refractivity contribution in [3.8, 4) is 5.88 Å². The first-order valence-corrected chi connectivity index (χ1v) is 9.61. The van der Waals surface area contributed by atoms with E-state index in [4.69, 9.17) is 9.47 Å². The molecular formula is C16H24N2O4S. The number of sulfonamides is 1. The summed E-state index contributed by atoms with van der Waals surface area (Å²) < 4.78 is 37.5. The van der Waals surface area contributed by atoms with Crippen LogP contribution >= 0.6 is 0 Å². The summed E-state index contributed by atoms with van der Waals surface area (Å²) in [4.78, 5) is 4.14. The van der Waals surface area contributed by atoms with E-state index in [0.717, 1.165) is 12.8 Å². The lowest BCUT2D eigenvalue weighted by Crippen LogP contribution is -2.66. The van der Waals surface area contributed by atoms with Crippen LogP contribution in [-0.2, 0) is 14.8 Å². The van der Waals surface area contributed by atoms with E-state index in [1.54, 1.807) is 24.3 Å². The standard InChI is InChI=1S/C16H24N2O4S/c1-13(2)23(19,20)18-11-16(12-18)14(7-10-22-16)6-9-21-15-5-3-4-8-17-15/h3-5,8,13-14H,6-7,9-12H2,1-2H3/t14-/m0/s1. The molecule has 2 aliphatic rings. The molecule has 2 fully saturated rings. The van der Waals surface area contributed by atoms with Crippen molar-refractivity contribution in [1.29, 1.82) is 0 Å². The molecule has 2 aliphatic heterocycles. The van der Waals surface area contributed by atoms with Gasteiger partial charge in [-0.15, -0.1) is 0 Å². The van der Waals surface area contributed by atoms with E-state index in [1.165, 1.54) is 0 Å². The summed E-state index contributed by atoms with van der Waals surface area (Å²) in [5, 5.41) is -0.382. The summed E-state index contributed by atoms with van der Waals surface area (Å²) in [6.07, 6.45) is 3.52. The second kappa shape index (κ2) is 6.37. The smallest absolute Gasteiger partial charge is 0.216 e. The fraction of sp³-hybridized carbons (Fsp3) is 0.688. The zero-order chi connectivity index (χ0) is 16.5. The van der Waals surface area contributed by atoms with Crippen LogP contribution in [0.4, 0.5) is 0 Å². The van der Waals surface area contributed by atoms with Crippen molar-refractivity contribution >= 4 is 10.0 Å². The van der Waals surface area contributed by atoms with Crippen LogP contribution in [-0.4, -0.2) is 54.9 Å². The molecule has 3 heterocycles. The predicted molar refractivity (Wildman–Crippen MR) is 86.8 cm³/mol. The molecule has 0 aliphatic carbocycles. The molecule has 0 amide bonds. The van der Waals surface area contributed by atoms with Crippen LogP contribution in [0.3, 0.4) is 0 Å². The number of rotatable bonds is 6. The average molecular weight is 340 g/mol.